The second-order valence-corrected chi connectivity index (χ2v) is 6.95. The van der Waals surface area contributed by atoms with Crippen molar-refractivity contribution in [1.29, 1.82) is 0 Å². The van der Waals surface area contributed by atoms with E-state index in [1.165, 1.54) is 5.56 Å². The molecule has 0 bridgehead atoms. The molecule has 140 valence electrons. The molecule has 1 aliphatic rings. The number of likely N-dealkylation sites (tertiary alicyclic amines) is 1. The van der Waals surface area contributed by atoms with Crippen LogP contribution in [0.25, 0.3) is 11.4 Å². The average Bonchev–Trinajstić information content (AvgIpc) is 3.10. The third-order valence-electron chi connectivity index (χ3n) is 5.21. The Morgan fingerprint density at radius 3 is 2.59 bits per heavy atom. The number of nitrogens with zero attached hydrogens (tertiary/aromatic N) is 5. The number of H-pyrrole nitrogens is 1. The van der Waals surface area contributed by atoms with E-state index in [1.807, 2.05) is 37.4 Å². The standard InChI is InChI=1S/C20H24N6O/c1-2-26-19(23-24-20(26)27)16-8-11-25(12-9-16)14-15-6-7-18(22-13-15)17-5-3-4-10-21-17/h3-7,10,13,16H,2,8-9,11-12,14H2,1H3,(H,24,27). The molecule has 4 rings (SSSR count). The molecule has 0 radical (unpaired) electrons. The first kappa shape index (κ1) is 17.6. The Hall–Kier alpha value is -2.80. The number of piperidine rings is 1. The van der Waals surface area contributed by atoms with Gasteiger partial charge in [-0.15, -0.1) is 0 Å². The summed E-state index contributed by atoms with van der Waals surface area (Å²) in [6.45, 7) is 5.54. The van der Waals surface area contributed by atoms with Gasteiger partial charge in [-0.25, -0.2) is 9.89 Å². The van der Waals surface area contributed by atoms with E-state index >= 15 is 0 Å². The van der Waals surface area contributed by atoms with Gasteiger partial charge in [0.25, 0.3) is 0 Å². The van der Waals surface area contributed by atoms with E-state index in [-0.39, 0.29) is 5.69 Å². The highest BCUT2D eigenvalue weighted by Crippen LogP contribution is 2.26. The van der Waals surface area contributed by atoms with Gasteiger partial charge in [0.1, 0.15) is 5.82 Å². The van der Waals surface area contributed by atoms with Gasteiger partial charge in [0, 0.05) is 31.4 Å². The summed E-state index contributed by atoms with van der Waals surface area (Å²) < 4.78 is 1.75. The van der Waals surface area contributed by atoms with Gasteiger partial charge in [0.15, 0.2) is 0 Å². The predicted molar refractivity (Wildman–Crippen MR) is 103 cm³/mol. The van der Waals surface area contributed by atoms with Crippen LogP contribution in [0.5, 0.6) is 0 Å². The van der Waals surface area contributed by atoms with E-state index in [0.29, 0.717) is 12.5 Å². The van der Waals surface area contributed by atoms with Crippen LogP contribution in [0, 0.1) is 0 Å². The average molecular weight is 364 g/mol. The molecule has 0 amide bonds. The van der Waals surface area contributed by atoms with Crippen molar-refractivity contribution in [2.75, 3.05) is 13.1 Å². The van der Waals surface area contributed by atoms with Crippen LogP contribution in [0.4, 0.5) is 0 Å². The van der Waals surface area contributed by atoms with E-state index in [1.54, 1.807) is 10.8 Å². The molecule has 0 aromatic carbocycles. The molecule has 7 nitrogen and oxygen atoms in total. The van der Waals surface area contributed by atoms with Crippen LogP contribution in [0.2, 0.25) is 0 Å². The summed E-state index contributed by atoms with van der Waals surface area (Å²) in [7, 11) is 0. The molecule has 0 spiro atoms. The number of pyridine rings is 2. The molecular formula is C20H24N6O. The van der Waals surface area contributed by atoms with E-state index in [0.717, 1.165) is 49.7 Å². The SMILES string of the molecule is CCn1c(C2CCN(Cc3ccc(-c4ccccn4)nc3)CC2)n[nH]c1=O. The minimum Gasteiger partial charge on any atom is -0.299 e. The monoisotopic (exact) mass is 364 g/mol. The second kappa shape index (κ2) is 7.84. The normalized spacial score (nSPS) is 15.9. The molecule has 0 saturated carbocycles. The Morgan fingerprint density at radius 1 is 1.11 bits per heavy atom. The number of aromatic amines is 1. The molecule has 1 saturated heterocycles. The van der Waals surface area contributed by atoms with Crippen LogP contribution in [0.3, 0.4) is 0 Å². The van der Waals surface area contributed by atoms with Crippen molar-refractivity contribution >= 4 is 0 Å². The topological polar surface area (TPSA) is 79.7 Å². The first-order chi connectivity index (χ1) is 13.2. The van der Waals surface area contributed by atoms with Gasteiger partial charge in [-0.1, -0.05) is 12.1 Å². The summed E-state index contributed by atoms with van der Waals surface area (Å²) >= 11 is 0. The Balaban J connectivity index is 1.36. The first-order valence-electron chi connectivity index (χ1n) is 9.48. The lowest BCUT2D eigenvalue weighted by Crippen LogP contribution is -2.33. The van der Waals surface area contributed by atoms with Gasteiger partial charge < -0.3 is 0 Å². The maximum absolute atomic E-state index is 11.8. The molecule has 27 heavy (non-hydrogen) atoms. The van der Waals surface area contributed by atoms with Crippen molar-refractivity contribution in [2.24, 2.45) is 0 Å². The van der Waals surface area contributed by atoms with E-state index in [4.69, 9.17) is 0 Å². The Labute approximate surface area is 158 Å². The molecule has 3 aromatic heterocycles. The number of hydrogen-bond donors (Lipinski definition) is 1. The van der Waals surface area contributed by atoms with Crippen molar-refractivity contribution in [3.8, 4) is 11.4 Å². The van der Waals surface area contributed by atoms with E-state index in [9.17, 15) is 4.79 Å². The zero-order valence-corrected chi connectivity index (χ0v) is 15.5. The van der Waals surface area contributed by atoms with E-state index < -0.39 is 0 Å². The fraction of sp³-hybridized carbons (Fsp3) is 0.400. The molecule has 3 aromatic rings. The molecule has 0 atom stereocenters. The van der Waals surface area contributed by atoms with Crippen LogP contribution in [-0.2, 0) is 13.1 Å². The van der Waals surface area contributed by atoms with Crippen molar-refractivity contribution in [1.82, 2.24) is 29.6 Å². The summed E-state index contributed by atoms with van der Waals surface area (Å²) in [6, 6.07) is 10.0. The van der Waals surface area contributed by atoms with Crippen LogP contribution < -0.4 is 5.69 Å². The fourth-order valence-electron chi connectivity index (χ4n) is 3.74. The highest BCUT2D eigenvalue weighted by atomic mass is 16.1. The maximum Gasteiger partial charge on any atom is 0.343 e. The fourth-order valence-corrected chi connectivity index (χ4v) is 3.74. The Bertz CT molecular complexity index is 923. The maximum atomic E-state index is 11.8. The molecule has 1 N–H and O–H groups in total. The van der Waals surface area contributed by atoms with Gasteiger partial charge >= 0.3 is 5.69 Å². The zero-order valence-electron chi connectivity index (χ0n) is 15.5. The number of aromatic nitrogens is 5. The lowest BCUT2D eigenvalue weighted by molar-refractivity contribution is 0.200. The summed E-state index contributed by atoms with van der Waals surface area (Å²) in [5.41, 5.74) is 2.90. The molecule has 4 heterocycles. The number of hydrogen-bond acceptors (Lipinski definition) is 5. The molecule has 1 aliphatic heterocycles. The van der Waals surface area contributed by atoms with Crippen molar-refractivity contribution in [2.45, 2.75) is 38.8 Å². The Kier molecular flexibility index (Phi) is 5.11. The molecular weight excluding hydrogens is 340 g/mol. The highest BCUT2D eigenvalue weighted by Gasteiger charge is 2.25. The summed E-state index contributed by atoms with van der Waals surface area (Å²) in [5, 5.41) is 6.83. The van der Waals surface area contributed by atoms with Gasteiger partial charge in [-0.3, -0.25) is 19.4 Å². The van der Waals surface area contributed by atoms with Gasteiger partial charge in [0.05, 0.1) is 11.4 Å². The lowest BCUT2D eigenvalue weighted by Gasteiger charge is -2.31. The minimum absolute atomic E-state index is 0.103. The van der Waals surface area contributed by atoms with Gasteiger partial charge in [-0.05, 0) is 56.6 Å². The number of rotatable bonds is 5. The first-order valence-corrected chi connectivity index (χ1v) is 9.48. The van der Waals surface area contributed by atoms with Crippen molar-refractivity contribution in [3.05, 3.63) is 64.6 Å². The highest BCUT2D eigenvalue weighted by molar-refractivity contribution is 5.53. The summed E-state index contributed by atoms with van der Waals surface area (Å²) in [6.07, 6.45) is 5.76. The quantitative estimate of drug-likeness (QED) is 0.752. The van der Waals surface area contributed by atoms with Crippen molar-refractivity contribution in [3.63, 3.8) is 0 Å². The van der Waals surface area contributed by atoms with Crippen LogP contribution in [-0.4, -0.2) is 42.7 Å². The van der Waals surface area contributed by atoms with Gasteiger partial charge in [0.2, 0.25) is 0 Å². The van der Waals surface area contributed by atoms with Crippen LogP contribution in [0.15, 0.2) is 47.5 Å². The van der Waals surface area contributed by atoms with E-state index in [2.05, 4.69) is 31.1 Å². The third-order valence-corrected chi connectivity index (χ3v) is 5.21. The third kappa shape index (κ3) is 3.83. The smallest absolute Gasteiger partial charge is 0.299 e. The molecule has 7 heteroatoms. The minimum atomic E-state index is -0.103. The lowest BCUT2D eigenvalue weighted by atomic mass is 9.95. The Morgan fingerprint density at radius 2 is 1.93 bits per heavy atom. The number of nitrogens with one attached hydrogen (secondary N) is 1. The second-order valence-electron chi connectivity index (χ2n) is 6.95. The van der Waals surface area contributed by atoms with Crippen molar-refractivity contribution < 1.29 is 0 Å². The summed E-state index contributed by atoms with van der Waals surface area (Å²) in [5.74, 6) is 1.26. The molecule has 1 fully saturated rings. The molecule has 0 aliphatic carbocycles. The van der Waals surface area contributed by atoms with Gasteiger partial charge in [-0.2, -0.15) is 5.10 Å². The summed E-state index contributed by atoms with van der Waals surface area (Å²) in [4.78, 5) is 23.1. The predicted octanol–water partition coefficient (Wildman–Crippen LogP) is 2.43. The van der Waals surface area contributed by atoms with Crippen LogP contribution in [0.1, 0.15) is 37.1 Å². The van der Waals surface area contributed by atoms with Crippen LogP contribution >= 0.6 is 0 Å². The zero-order chi connectivity index (χ0) is 18.6. The largest absolute Gasteiger partial charge is 0.343 e. The molecule has 0 unspecified atom stereocenters.